The van der Waals surface area contributed by atoms with Gasteiger partial charge in [0, 0.05) is 38.8 Å². The van der Waals surface area contributed by atoms with Crippen LogP contribution in [0.25, 0.3) is 6.08 Å². The van der Waals surface area contributed by atoms with Crippen molar-refractivity contribution in [3.63, 3.8) is 0 Å². The average Bonchev–Trinajstić information content (AvgIpc) is 2.54. The van der Waals surface area contributed by atoms with Crippen molar-refractivity contribution in [1.82, 2.24) is 10.2 Å². The predicted molar refractivity (Wildman–Crippen MR) is 91.5 cm³/mol. The second-order valence-electron chi connectivity index (χ2n) is 5.83. The zero-order valence-corrected chi connectivity index (χ0v) is 14.0. The van der Waals surface area contributed by atoms with E-state index in [1.54, 1.807) is 6.08 Å². The zero-order chi connectivity index (χ0) is 16.5. The quantitative estimate of drug-likeness (QED) is 0.615. The highest BCUT2D eigenvalue weighted by atomic mass is 16.5. The van der Waals surface area contributed by atoms with Gasteiger partial charge in [-0.3, -0.25) is 4.90 Å². The summed E-state index contributed by atoms with van der Waals surface area (Å²) in [4.78, 5) is 14.0. The monoisotopic (exact) mass is 318 g/mol. The van der Waals surface area contributed by atoms with E-state index in [2.05, 4.69) is 10.2 Å². The van der Waals surface area contributed by atoms with Gasteiger partial charge in [-0.05, 0) is 37.6 Å². The van der Waals surface area contributed by atoms with Gasteiger partial charge in [0.25, 0.3) is 0 Å². The van der Waals surface area contributed by atoms with Crippen LogP contribution in [-0.2, 0) is 9.53 Å². The van der Waals surface area contributed by atoms with Gasteiger partial charge in [-0.15, -0.1) is 0 Å². The maximum absolute atomic E-state index is 11.7. The number of carbonyl (C=O) groups is 1. The highest BCUT2D eigenvalue weighted by Gasteiger charge is 2.09. The molecule has 0 bridgehead atoms. The van der Waals surface area contributed by atoms with Gasteiger partial charge in [0.2, 0.25) is 0 Å². The van der Waals surface area contributed by atoms with Gasteiger partial charge in [-0.1, -0.05) is 12.1 Å². The van der Waals surface area contributed by atoms with Crippen LogP contribution < -0.4 is 10.1 Å². The first kappa shape index (κ1) is 17.5. The highest BCUT2D eigenvalue weighted by molar-refractivity contribution is 5.87. The van der Waals surface area contributed by atoms with E-state index in [0.717, 1.165) is 44.0 Å². The molecule has 1 aliphatic heterocycles. The average molecular weight is 318 g/mol. The minimum absolute atomic E-state index is 0.129. The molecular formula is C18H26N2O3. The summed E-state index contributed by atoms with van der Waals surface area (Å²) in [6.45, 7) is 9.21. The highest BCUT2D eigenvalue weighted by Crippen LogP contribution is 2.15. The van der Waals surface area contributed by atoms with Crippen molar-refractivity contribution >= 4 is 12.0 Å². The molecule has 23 heavy (non-hydrogen) atoms. The first-order valence-electron chi connectivity index (χ1n) is 8.18. The molecule has 1 aromatic carbocycles. The Bertz CT molecular complexity index is 523. The van der Waals surface area contributed by atoms with Crippen molar-refractivity contribution in [1.29, 1.82) is 0 Å². The van der Waals surface area contributed by atoms with Gasteiger partial charge in [0.15, 0.2) is 0 Å². The number of nitrogens with one attached hydrogen (secondary N) is 1. The maximum atomic E-state index is 11.7. The number of ether oxygens (including phenoxy) is 2. The summed E-state index contributed by atoms with van der Waals surface area (Å²) in [7, 11) is 0. The molecule has 0 saturated carbocycles. The van der Waals surface area contributed by atoms with Crippen LogP contribution in [0.5, 0.6) is 5.75 Å². The van der Waals surface area contributed by atoms with Gasteiger partial charge in [0.1, 0.15) is 12.4 Å². The number of hydrogen-bond acceptors (Lipinski definition) is 5. The number of carbonyl (C=O) groups excluding carboxylic acids is 1. The Hall–Kier alpha value is -1.85. The lowest BCUT2D eigenvalue weighted by Gasteiger charge is -2.26. The fourth-order valence-electron chi connectivity index (χ4n) is 2.39. The molecule has 0 aromatic heterocycles. The van der Waals surface area contributed by atoms with Crippen LogP contribution in [0.3, 0.4) is 0 Å². The van der Waals surface area contributed by atoms with E-state index in [4.69, 9.17) is 9.47 Å². The normalized spacial score (nSPS) is 16.0. The molecule has 0 atom stereocenters. The van der Waals surface area contributed by atoms with Gasteiger partial charge in [-0.25, -0.2) is 4.79 Å². The second kappa shape index (κ2) is 9.33. The Morgan fingerprint density at radius 1 is 1.35 bits per heavy atom. The van der Waals surface area contributed by atoms with Gasteiger partial charge >= 0.3 is 5.97 Å². The Labute approximate surface area is 138 Å². The van der Waals surface area contributed by atoms with Gasteiger partial charge < -0.3 is 14.8 Å². The Kier molecular flexibility index (Phi) is 7.10. The summed E-state index contributed by atoms with van der Waals surface area (Å²) < 4.78 is 10.9. The predicted octanol–water partition coefficient (Wildman–Crippen LogP) is 1.94. The maximum Gasteiger partial charge on any atom is 0.330 e. The lowest BCUT2D eigenvalue weighted by molar-refractivity contribution is -0.138. The van der Waals surface area contributed by atoms with E-state index in [9.17, 15) is 4.79 Å². The van der Waals surface area contributed by atoms with Crippen molar-refractivity contribution in [3.05, 3.63) is 35.9 Å². The molecule has 0 spiro atoms. The molecule has 0 amide bonds. The van der Waals surface area contributed by atoms with E-state index in [1.165, 1.54) is 6.08 Å². The number of nitrogens with zero attached hydrogens (tertiary/aromatic N) is 1. The summed E-state index contributed by atoms with van der Waals surface area (Å²) in [6.07, 6.45) is 3.34. The fourth-order valence-corrected chi connectivity index (χ4v) is 2.39. The number of hydrogen-bond donors (Lipinski definition) is 1. The summed E-state index contributed by atoms with van der Waals surface area (Å²) in [5.41, 5.74) is 0.919. The number of benzene rings is 1. The van der Waals surface area contributed by atoms with Gasteiger partial charge in [0.05, 0.1) is 6.10 Å². The van der Waals surface area contributed by atoms with Crippen molar-refractivity contribution in [3.8, 4) is 5.75 Å². The molecule has 1 aliphatic rings. The van der Waals surface area contributed by atoms with E-state index in [-0.39, 0.29) is 12.1 Å². The molecule has 0 unspecified atom stereocenters. The van der Waals surface area contributed by atoms with E-state index >= 15 is 0 Å². The standard InChI is InChI=1S/C18H26N2O3/c1-15(2)23-17-5-3-4-16(14-17)6-7-18(21)22-13-12-20-10-8-19-9-11-20/h3-7,14-15,19H,8-13H2,1-2H3/b7-6+. The lowest BCUT2D eigenvalue weighted by atomic mass is 10.2. The van der Waals surface area contributed by atoms with Crippen LogP contribution in [0.4, 0.5) is 0 Å². The van der Waals surface area contributed by atoms with Crippen LogP contribution in [0, 0.1) is 0 Å². The van der Waals surface area contributed by atoms with E-state index in [0.29, 0.717) is 6.61 Å². The van der Waals surface area contributed by atoms with Gasteiger partial charge in [-0.2, -0.15) is 0 Å². The van der Waals surface area contributed by atoms with E-state index < -0.39 is 0 Å². The molecule has 1 heterocycles. The molecule has 5 nitrogen and oxygen atoms in total. The molecule has 1 saturated heterocycles. The molecule has 2 rings (SSSR count). The molecule has 1 fully saturated rings. The van der Waals surface area contributed by atoms with Crippen LogP contribution in [0.1, 0.15) is 19.4 Å². The van der Waals surface area contributed by atoms with Crippen LogP contribution >= 0.6 is 0 Å². The molecule has 1 aromatic rings. The number of esters is 1. The van der Waals surface area contributed by atoms with Crippen molar-refractivity contribution in [2.24, 2.45) is 0 Å². The number of rotatable bonds is 7. The second-order valence-corrected chi connectivity index (χ2v) is 5.83. The van der Waals surface area contributed by atoms with Crippen LogP contribution in [0.15, 0.2) is 30.3 Å². The van der Waals surface area contributed by atoms with E-state index in [1.807, 2.05) is 38.1 Å². The Morgan fingerprint density at radius 2 is 2.13 bits per heavy atom. The third-order valence-corrected chi connectivity index (χ3v) is 3.50. The minimum Gasteiger partial charge on any atom is -0.491 e. The number of piperazine rings is 1. The summed E-state index contributed by atoms with van der Waals surface area (Å²) in [5.74, 6) is 0.490. The fraction of sp³-hybridized carbons (Fsp3) is 0.500. The molecular weight excluding hydrogens is 292 g/mol. The lowest BCUT2D eigenvalue weighted by Crippen LogP contribution is -2.44. The smallest absolute Gasteiger partial charge is 0.330 e. The molecule has 126 valence electrons. The summed E-state index contributed by atoms with van der Waals surface area (Å²) in [5, 5.41) is 3.30. The molecule has 5 heteroatoms. The SMILES string of the molecule is CC(C)Oc1cccc(/C=C/C(=O)OCCN2CCNCC2)c1. The van der Waals surface area contributed by atoms with Crippen molar-refractivity contribution < 1.29 is 14.3 Å². The van der Waals surface area contributed by atoms with Crippen molar-refractivity contribution in [2.75, 3.05) is 39.3 Å². The first-order chi connectivity index (χ1) is 11.1. The third kappa shape index (κ3) is 6.84. The van der Waals surface area contributed by atoms with Crippen LogP contribution in [-0.4, -0.2) is 56.3 Å². The topological polar surface area (TPSA) is 50.8 Å². The summed E-state index contributed by atoms with van der Waals surface area (Å²) >= 11 is 0. The summed E-state index contributed by atoms with van der Waals surface area (Å²) in [6, 6.07) is 7.65. The Balaban J connectivity index is 1.74. The Morgan fingerprint density at radius 3 is 2.87 bits per heavy atom. The first-order valence-corrected chi connectivity index (χ1v) is 8.18. The molecule has 0 aliphatic carbocycles. The zero-order valence-electron chi connectivity index (χ0n) is 14.0. The third-order valence-electron chi connectivity index (χ3n) is 3.50. The molecule has 1 N–H and O–H groups in total. The molecule has 0 radical (unpaired) electrons. The minimum atomic E-state index is -0.310. The van der Waals surface area contributed by atoms with Crippen LogP contribution in [0.2, 0.25) is 0 Å². The largest absolute Gasteiger partial charge is 0.491 e. The van der Waals surface area contributed by atoms with Crippen molar-refractivity contribution in [2.45, 2.75) is 20.0 Å².